The van der Waals surface area contributed by atoms with Gasteiger partial charge < -0.3 is 10.6 Å². The molecule has 2 N–H and O–H groups in total. The summed E-state index contributed by atoms with van der Waals surface area (Å²) >= 11 is 3.06. The predicted octanol–water partition coefficient (Wildman–Crippen LogP) is 4.08. The summed E-state index contributed by atoms with van der Waals surface area (Å²) in [5, 5.41) is 5.69. The molecule has 0 saturated heterocycles. The first-order chi connectivity index (χ1) is 9.60. The topological polar surface area (TPSA) is 49.8 Å². The molecule has 0 fully saturated rings. The second-order valence-corrected chi connectivity index (χ2v) is 4.93. The lowest BCUT2D eigenvalue weighted by Gasteiger charge is -2.09. The number of hydrogen-bond acceptors (Lipinski definition) is 4. The molecule has 0 saturated carbocycles. The molecule has 1 aromatic carbocycles. The molecular weight excluding hydrogens is 330 g/mol. The molecule has 0 spiro atoms. The van der Waals surface area contributed by atoms with E-state index in [0.29, 0.717) is 22.7 Å². The lowest BCUT2D eigenvalue weighted by atomic mass is 10.3. The Labute approximate surface area is 123 Å². The molecule has 1 heterocycles. The Kier molecular flexibility index (Phi) is 4.84. The highest BCUT2D eigenvalue weighted by molar-refractivity contribution is 9.10. The maximum absolute atomic E-state index is 13.6. The van der Waals surface area contributed by atoms with E-state index in [0.717, 1.165) is 12.6 Å². The molecule has 0 unspecified atom stereocenters. The summed E-state index contributed by atoms with van der Waals surface area (Å²) in [6.07, 6.45) is 1.98. The second kappa shape index (κ2) is 6.60. The molecule has 20 heavy (non-hydrogen) atoms. The Morgan fingerprint density at radius 2 is 2.05 bits per heavy atom. The molecule has 0 aliphatic carbocycles. The van der Waals surface area contributed by atoms with Crippen molar-refractivity contribution in [3.63, 3.8) is 0 Å². The summed E-state index contributed by atoms with van der Waals surface area (Å²) in [6, 6.07) is 4.41. The first-order valence-electron chi connectivity index (χ1n) is 6.08. The van der Waals surface area contributed by atoms with Crippen LogP contribution in [-0.2, 0) is 0 Å². The smallest absolute Gasteiger partial charge is 0.224 e. The molecule has 0 amide bonds. The summed E-state index contributed by atoms with van der Waals surface area (Å²) in [7, 11) is 0. The number of anilines is 3. The van der Waals surface area contributed by atoms with Gasteiger partial charge >= 0.3 is 0 Å². The van der Waals surface area contributed by atoms with Gasteiger partial charge in [0, 0.05) is 12.2 Å². The van der Waals surface area contributed by atoms with Crippen LogP contribution >= 0.6 is 15.9 Å². The van der Waals surface area contributed by atoms with Gasteiger partial charge in [-0.25, -0.2) is 13.8 Å². The van der Waals surface area contributed by atoms with Crippen LogP contribution in [0.2, 0.25) is 0 Å². The van der Waals surface area contributed by atoms with Gasteiger partial charge in [0.25, 0.3) is 0 Å². The molecule has 7 heteroatoms. The molecule has 0 aliphatic heterocycles. The van der Waals surface area contributed by atoms with E-state index in [2.05, 4.69) is 36.5 Å². The predicted molar refractivity (Wildman–Crippen MR) is 78.2 cm³/mol. The van der Waals surface area contributed by atoms with Crippen LogP contribution in [0, 0.1) is 11.6 Å². The molecule has 1 aromatic heterocycles. The molecule has 2 rings (SSSR count). The minimum Gasteiger partial charge on any atom is -0.354 e. The maximum atomic E-state index is 13.6. The van der Waals surface area contributed by atoms with Gasteiger partial charge in [-0.2, -0.15) is 4.98 Å². The molecule has 0 radical (unpaired) electrons. The van der Waals surface area contributed by atoms with Gasteiger partial charge in [0.2, 0.25) is 5.95 Å². The van der Waals surface area contributed by atoms with Crippen molar-refractivity contribution in [1.29, 1.82) is 0 Å². The lowest BCUT2D eigenvalue weighted by Crippen LogP contribution is -2.07. The Bertz CT molecular complexity index is 607. The summed E-state index contributed by atoms with van der Waals surface area (Å²) in [4.78, 5) is 7.85. The van der Waals surface area contributed by atoms with Crippen molar-refractivity contribution < 1.29 is 8.78 Å². The molecule has 4 nitrogen and oxygen atoms in total. The summed E-state index contributed by atoms with van der Waals surface area (Å²) in [6.45, 7) is 2.69. The number of aromatic nitrogens is 2. The molecule has 0 bridgehead atoms. The monoisotopic (exact) mass is 342 g/mol. The summed E-state index contributed by atoms with van der Waals surface area (Å²) in [5.41, 5.74) is 0.407. The summed E-state index contributed by atoms with van der Waals surface area (Å²) < 4.78 is 27.4. The van der Waals surface area contributed by atoms with E-state index >= 15 is 0 Å². The van der Waals surface area contributed by atoms with Crippen LogP contribution in [0.15, 0.2) is 28.9 Å². The third-order valence-corrected chi connectivity index (χ3v) is 3.10. The maximum Gasteiger partial charge on any atom is 0.224 e. The van der Waals surface area contributed by atoms with Crippen LogP contribution in [0.3, 0.4) is 0 Å². The SMILES string of the molecule is CCCNc1ncc(F)c(Nc2ccc(Br)c(F)c2)n1. The molecule has 0 atom stereocenters. The Morgan fingerprint density at radius 1 is 1.25 bits per heavy atom. The highest BCUT2D eigenvalue weighted by Gasteiger charge is 2.08. The van der Waals surface area contributed by atoms with Crippen molar-refractivity contribution in [2.45, 2.75) is 13.3 Å². The van der Waals surface area contributed by atoms with Crippen LogP contribution < -0.4 is 10.6 Å². The molecule has 2 aromatic rings. The molecule has 106 valence electrons. The highest BCUT2D eigenvalue weighted by Crippen LogP contribution is 2.23. The zero-order chi connectivity index (χ0) is 14.5. The Morgan fingerprint density at radius 3 is 2.75 bits per heavy atom. The zero-order valence-corrected chi connectivity index (χ0v) is 12.3. The lowest BCUT2D eigenvalue weighted by molar-refractivity contribution is 0.617. The van der Waals surface area contributed by atoms with E-state index in [-0.39, 0.29) is 5.82 Å². The third-order valence-electron chi connectivity index (χ3n) is 2.46. The first kappa shape index (κ1) is 14.6. The standard InChI is InChI=1S/C13H13BrF2N4/c1-2-5-17-13-18-7-11(16)12(20-13)19-8-3-4-9(14)10(15)6-8/h3-4,6-7H,2,5H2,1H3,(H2,17,18,19,20). The minimum absolute atomic E-state index is 0.000301. The van der Waals surface area contributed by atoms with Gasteiger partial charge in [0.05, 0.1) is 10.7 Å². The van der Waals surface area contributed by atoms with Gasteiger partial charge in [0.1, 0.15) is 5.82 Å². The first-order valence-corrected chi connectivity index (χ1v) is 6.88. The van der Waals surface area contributed by atoms with Crippen LogP contribution in [0.25, 0.3) is 0 Å². The van der Waals surface area contributed by atoms with E-state index in [4.69, 9.17) is 0 Å². The Hall–Kier alpha value is -1.76. The van der Waals surface area contributed by atoms with Crippen LogP contribution in [0.4, 0.5) is 26.2 Å². The van der Waals surface area contributed by atoms with Gasteiger partial charge in [-0.3, -0.25) is 0 Å². The largest absolute Gasteiger partial charge is 0.354 e. The van der Waals surface area contributed by atoms with Crippen molar-refractivity contribution in [1.82, 2.24) is 9.97 Å². The van der Waals surface area contributed by atoms with Crippen molar-refractivity contribution in [3.8, 4) is 0 Å². The van der Waals surface area contributed by atoms with Crippen LogP contribution in [0.1, 0.15) is 13.3 Å². The zero-order valence-electron chi connectivity index (χ0n) is 10.8. The highest BCUT2D eigenvalue weighted by atomic mass is 79.9. The van der Waals surface area contributed by atoms with Crippen LogP contribution in [0.5, 0.6) is 0 Å². The van der Waals surface area contributed by atoms with E-state index < -0.39 is 11.6 Å². The number of halogens is 3. The average Bonchev–Trinajstić information content (AvgIpc) is 2.44. The minimum atomic E-state index is -0.602. The fourth-order valence-corrected chi connectivity index (χ4v) is 1.73. The van der Waals surface area contributed by atoms with Crippen molar-refractivity contribution in [3.05, 3.63) is 40.5 Å². The molecule has 0 aliphatic rings. The third kappa shape index (κ3) is 3.63. The van der Waals surface area contributed by atoms with Crippen molar-refractivity contribution >= 4 is 33.4 Å². The number of nitrogens with zero attached hydrogens (tertiary/aromatic N) is 2. The number of hydrogen-bond donors (Lipinski definition) is 2. The molecular formula is C13H13BrF2N4. The van der Waals surface area contributed by atoms with Crippen LogP contribution in [-0.4, -0.2) is 16.5 Å². The quantitative estimate of drug-likeness (QED) is 0.859. The van der Waals surface area contributed by atoms with Gasteiger partial charge in [-0.1, -0.05) is 6.92 Å². The van der Waals surface area contributed by atoms with E-state index in [1.807, 2.05) is 6.92 Å². The normalized spacial score (nSPS) is 10.4. The second-order valence-electron chi connectivity index (χ2n) is 4.07. The number of rotatable bonds is 5. The van der Waals surface area contributed by atoms with E-state index in [9.17, 15) is 8.78 Å². The Balaban J connectivity index is 2.20. The number of benzene rings is 1. The van der Waals surface area contributed by atoms with E-state index in [1.54, 1.807) is 6.07 Å². The summed E-state index contributed by atoms with van der Waals surface area (Å²) in [5.74, 6) is -0.710. The average molecular weight is 343 g/mol. The van der Waals surface area contributed by atoms with Gasteiger partial charge in [0.15, 0.2) is 11.6 Å². The van der Waals surface area contributed by atoms with Gasteiger partial charge in [-0.15, -0.1) is 0 Å². The fraction of sp³-hybridized carbons (Fsp3) is 0.231. The number of nitrogens with one attached hydrogen (secondary N) is 2. The van der Waals surface area contributed by atoms with Gasteiger partial charge in [-0.05, 0) is 40.5 Å². The van der Waals surface area contributed by atoms with Crippen molar-refractivity contribution in [2.24, 2.45) is 0 Å². The fourth-order valence-electron chi connectivity index (χ4n) is 1.49. The van der Waals surface area contributed by atoms with Crippen molar-refractivity contribution in [2.75, 3.05) is 17.2 Å². The van der Waals surface area contributed by atoms with E-state index in [1.165, 1.54) is 12.1 Å².